The molecule has 0 radical (unpaired) electrons. The highest BCUT2D eigenvalue weighted by molar-refractivity contribution is 7.98. The minimum atomic E-state index is -0.154. The minimum Gasteiger partial charge on any atom is -0.268 e. The molecule has 6 nitrogen and oxygen atoms in total. The largest absolute Gasteiger partial charge is 0.272 e. The summed E-state index contributed by atoms with van der Waals surface area (Å²) in [6.07, 6.45) is 1.42. The molecule has 0 bridgehead atoms. The van der Waals surface area contributed by atoms with Gasteiger partial charge in [-0.1, -0.05) is 27.7 Å². The first-order valence-corrected chi connectivity index (χ1v) is 12.0. The molecule has 0 aromatic carbocycles. The maximum Gasteiger partial charge on any atom is 0.272 e. The van der Waals surface area contributed by atoms with Crippen LogP contribution >= 0.6 is 23.5 Å². The number of rotatable bonds is 3. The van der Waals surface area contributed by atoms with E-state index in [1.165, 1.54) is 0 Å². The van der Waals surface area contributed by atoms with Crippen LogP contribution in [0.2, 0.25) is 0 Å². The summed E-state index contributed by atoms with van der Waals surface area (Å²) in [7, 11) is 0. The van der Waals surface area contributed by atoms with Crippen LogP contribution in [0.3, 0.4) is 0 Å². The van der Waals surface area contributed by atoms with E-state index < -0.39 is 0 Å². The van der Waals surface area contributed by atoms with Crippen LogP contribution in [-0.4, -0.2) is 25.7 Å². The second-order valence-electron chi connectivity index (χ2n) is 8.07. The zero-order valence-electron chi connectivity index (χ0n) is 16.7. The van der Waals surface area contributed by atoms with E-state index in [-0.39, 0.29) is 28.3 Å². The first-order valence-electron chi connectivity index (χ1n) is 9.82. The average Bonchev–Trinajstić information content (AvgIpc) is 2.68. The normalized spacial score (nSPS) is 19.0. The quantitative estimate of drug-likeness (QED) is 0.823. The highest BCUT2D eigenvalue weighted by Gasteiger charge is 2.30. The van der Waals surface area contributed by atoms with Crippen molar-refractivity contribution in [3.8, 4) is 0 Å². The first kappa shape index (κ1) is 19.8. The molecule has 0 amide bonds. The lowest BCUT2D eigenvalue weighted by Crippen LogP contribution is -2.36. The Morgan fingerprint density at radius 2 is 1.75 bits per heavy atom. The van der Waals surface area contributed by atoms with Gasteiger partial charge in [0.15, 0.2) is 0 Å². The maximum atomic E-state index is 13.2. The van der Waals surface area contributed by atoms with Crippen LogP contribution in [0.25, 0.3) is 0 Å². The zero-order chi connectivity index (χ0) is 20.0. The van der Waals surface area contributed by atoms with Crippen molar-refractivity contribution in [3.63, 3.8) is 0 Å². The molecule has 8 heteroatoms. The molecule has 2 aromatic rings. The smallest absolute Gasteiger partial charge is 0.268 e. The van der Waals surface area contributed by atoms with Gasteiger partial charge in [0.2, 0.25) is 0 Å². The summed E-state index contributed by atoms with van der Waals surface area (Å²) in [5.41, 5.74) is 5.71. The van der Waals surface area contributed by atoms with Gasteiger partial charge in [0.25, 0.3) is 11.1 Å². The van der Waals surface area contributed by atoms with Gasteiger partial charge in [-0.15, -0.1) is 11.8 Å². The Bertz CT molecular complexity index is 1030. The SMILES string of the molecule is CC(C)c1n[nH]c(=O)c2c1CSC(n1nc(C(C)C)c3c(c1=O)CSCC3)C2. The van der Waals surface area contributed by atoms with Crippen molar-refractivity contribution in [1.82, 2.24) is 20.0 Å². The number of nitrogens with zero attached hydrogens (tertiary/aromatic N) is 3. The van der Waals surface area contributed by atoms with E-state index in [0.29, 0.717) is 12.2 Å². The summed E-state index contributed by atoms with van der Waals surface area (Å²) in [6.45, 7) is 8.43. The van der Waals surface area contributed by atoms with Crippen molar-refractivity contribution in [3.05, 3.63) is 54.3 Å². The molecular formula is C20H26N4O2S2. The van der Waals surface area contributed by atoms with Gasteiger partial charge in [-0.25, -0.2) is 9.78 Å². The first-order chi connectivity index (χ1) is 13.4. The van der Waals surface area contributed by atoms with E-state index in [1.54, 1.807) is 16.4 Å². The highest BCUT2D eigenvalue weighted by atomic mass is 32.2. The van der Waals surface area contributed by atoms with Gasteiger partial charge < -0.3 is 0 Å². The van der Waals surface area contributed by atoms with E-state index in [9.17, 15) is 9.59 Å². The van der Waals surface area contributed by atoms with Crippen molar-refractivity contribution < 1.29 is 0 Å². The fourth-order valence-electron chi connectivity index (χ4n) is 4.04. The Kier molecular flexibility index (Phi) is 5.44. The third-order valence-electron chi connectivity index (χ3n) is 5.49. The Balaban J connectivity index is 1.80. The van der Waals surface area contributed by atoms with E-state index in [2.05, 4.69) is 37.9 Å². The van der Waals surface area contributed by atoms with Crippen LogP contribution in [0.4, 0.5) is 0 Å². The number of nitrogens with one attached hydrogen (secondary N) is 1. The minimum absolute atomic E-state index is 0.0158. The Morgan fingerprint density at radius 1 is 1.00 bits per heavy atom. The van der Waals surface area contributed by atoms with Crippen LogP contribution in [-0.2, 0) is 24.3 Å². The number of aromatic nitrogens is 4. The molecular weight excluding hydrogens is 392 g/mol. The molecule has 2 aliphatic heterocycles. The number of aromatic amines is 1. The highest BCUT2D eigenvalue weighted by Crippen LogP contribution is 2.38. The van der Waals surface area contributed by atoms with Crippen molar-refractivity contribution in [2.24, 2.45) is 0 Å². The molecule has 150 valence electrons. The fraction of sp³-hybridized carbons (Fsp3) is 0.600. The molecule has 0 fully saturated rings. The van der Waals surface area contributed by atoms with Crippen LogP contribution in [0.1, 0.15) is 78.5 Å². The van der Waals surface area contributed by atoms with Crippen LogP contribution in [0, 0.1) is 0 Å². The second kappa shape index (κ2) is 7.71. The molecule has 0 saturated carbocycles. The zero-order valence-corrected chi connectivity index (χ0v) is 18.4. The van der Waals surface area contributed by atoms with Crippen molar-refractivity contribution in [2.45, 2.75) is 69.3 Å². The second-order valence-corrected chi connectivity index (χ2v) is 10.3. The van der Waals surface area contributed by atoms with E-state index in [4.69, 9.17) is 5.10 Å². The predicted molar refractivity (Wildman–Crippen MR) is 115 cm³/mol. The molecule has 4 rings (SSSR count). The predicted octanol–water partition coefficient (Wildman–Crippen LogP) is 3.35. The molecule has 28 heavy (non-hydrogen) atoms. The molecule has 0 aliphatic carbocycles. The van der Waals surface area contributed by atoms with Gasteiger partial charge in [0.1, 0.15) is 5.37 Å². The molecule has 1 N–H and O–H groups in total. The molecule has 1 unspecified atom stereocenters. The molecule has 4 heterocycles. The van der Waals surface area contributed by atoms with Gasteiger partial charge in [0, 0.05) is 29.1 Å². The number of H-pyrrole nitrogens is 1. The number of fused-ring (bicyclic) bond motifs is 2. The summed E-state index contributed by atoms with van der Waals surface area (Å²) in [4.78, 5) is 25.7. The van der Waals surface area contributed by atoms with Crippen molar-refractivity contribution in [1.29, 1.82) is 0 Å². The lowest BCUT2D eigenvalue weighted by Gasteiger charge is -2.28. The number of hydrogen-bond acceptors (Lipinski definition) is 6. The third-order valence-corrected chi connectivity index (χ3v) is 7.68. The lowest BCUT2D eigenvalue weighted by molar-refractivity contribution is 0.524. The third kappa shape index (κ3) is 3.34. The lowest BCUT2D eigenvalue weighted by atomic mass is 9.98. The summed E-state index contributed by atoms with van der Waals surface area (Å²) < 4.78 is 1.66. The fourth-order valence-corrected chi connectivity index (χ4v) is 6.29. The average molecular weight is 419 g/mol. The van der Waals surface area contributed by atoms with Crippen molar-refractivity contribution in [2.75, 3.05) is 5.75 Å². The van der Waals surface area contributed by atoms with E-state index in [0.717, 1.165) is 51.6 Å². The number of thioether (sulfide) groups is 2. The van der Waals surface area contributed by atoms with Crippen molar-refractivity contribution >= 4 is 23.5 Å². The monoisotopic (exact) mass is 418 g/mol. The maximum absolute atomic E-state index is 13.2. The summed E-state index contributed by atoms with van der Waals surface area (Å²) in [5, 5.41) is 11.6. The van der Waals surface area contributed by atoms with Crippen LogP contribution in [0.15, 0.2) is 9.59 Å². The Morgan fingerprint density at radius 3 is 2.46 bits per heavy atom. The molecule has 0 saturated heterocycles. The standard InChI is InChI=1S/C20H26N4O2S2/c1-10(2)17-14-9-28-16(7-13(14)19(25)22-21-17)24-20(26)15-8-27-6-5-12(15)18(23-24)11(3)4/h10-11,16H,5-9H2,1-4H3,(H,22,25). The Labute approximate surface area is 172 Å². The van der Waals surface area contributed by atoms with E-state index in [1.807, 2.05) is 11.8 Å². The van der Waals surface area contributed by atoms with Gasteiger partial charge in [-0.3, -0.25) is 9.59 Å². The van der Waals surface area contributed by atoms with Gasteiger partial charge in [0.05, 0.1) is 11.4 Å². The molecule has 0 spiro atoms. The molecule has 1 atom stereocenters. The van der Waals surface area contributed by atoms with Crippen LogP contribution in [0.5, 0.6) is 0 Å². The van der Waals surface area contributed by atoms with Gasteiger partial charge in [-0.05, 0) is 35.1 Å². The summed E-state index contributed by atoms with van der Waals surface area (Å²) in [6, 6.07) is 0. The Hall–Kier alpha value is -1.54. The van der Waals surface area contributed by atoms with Gasteiger partial charge >= 0.3 is 0 Å². The molecule has 2 aromatic heterocycles. The van der Waals surface area contributed by atoms with Crippen LogP contribution < -0.4 is 11.1 Å². The topological polar surface area (TPSA) is 80.6 Å². The molecule has 2 aliphatic rings. The van der Waals surface area contributed by atoms with Gasteiger partial charge in [-0.2, -0.15) is 22.0 Å². The summed E-state index contributed by atoms with van der Waals surface area (Å²) in [5.74, 6) is 3.00. The number of hydrogen-bond donors (Lipinski definition) is 1. The van der Waals surface area contributed by atoms with E-state index >= 15 is 0 Å². The summed E-state index contributed by atoms with van der Waals surface area (Å²) >= 11 is 3.50.